The van der Waals surface area contributed by atoms with Crippen molar-refractivity contribution >= 4 is 39.4 Å². The van der Waals surface area contributed by atoms with E-state index in [0.29, 0.717) is 35.4 Å². The standard InChI is InChI=1S/C20H19BrN2O5/c21-14-6-7-17(16(12-14)20(26)27)22-19(25)13-3-1-4-15(11-13)28-10-9-23-8-2-5-18(23)24/h1,3-4,6-7,11-12H,2,5,8-10H2,(H,22,25)(H,26,27). The summed E-state index contributed by atoms with van der Waals surface area (Å²) < 4.78 is 6.27. The molecule has 0 spiro atoms. The molecule has 3 rings (SSSR count). The van der Waals surface area contributed by atoms with Crippen LogP contribution in [0.3, 0.4) is 0 Å². The number of carbonyl (C=O) groups excluding carboxylic acids is 2. The first kappa shape index (κ1) is 19.9. The molecule has 2 aromatic rings. The Kier molecular flexibility index (Phi) is 6.30. The molecule has 0 bridgehead atoms. The Morgan fingerprint density at radius 2 is 2.04 bits per heavy atom. The normalized spacial score (nSPS) is 13.5. The molecule has 146 valence electrons. The summed E-state index contributed by atoms with van der Waals surface area (Å²) in [4.78, 5) is 37.3. The molecule has 7 nitrogen and oxygen atoms in total. The average molecular weight is 447 g/mol. The number of nitrogens with one attached hydrogen (secondary N) is 1. The third kappa shape index (κ3) is 4.89. The summed E-state index contributed by atoms with van der Waals surface area (Å²) in [6, 6.07) is 11.2. The number of benzene rings is 2. The van der Waals surface area contributed by atoms with E-state index in [-0.39, 0.29) is 17.2 Å². The Hall–Kier alpha value is -2.87. The van der Waals surface area contributed by atoms with Gasteiger partial charge < -0.3 is 20.1 Å². The van der Waals surface area contributed by atoms with Crippen LogP contribution in [-0.2, 0) is 4.79 Å². The lowest BCUT2D eigenvalue weighted by Gasteiger charge is -2.16. The van der Waals surface area contributed by atoms with Gasteiger partial charge in [-0.05, 0) is 42.8 Å². The molecule has 2 aromatic carbocycles. The molecule has 1 saturated heterocycles. The minimum absolute atomic E-state index is 0.00888. The zero-order chi connectivity index (χ0) is 20.1. The number of carboxylic acids is 1. The fraction of sp³-hybridized carbons (Fsp3) is 0.250. The molecular weight excluding hydrogens is 428 g/mol. The maximum atomic E-state index is 12.5. The van der Waals surface area contributed by atoms with Crippen molar-refractivity contribution in [3.63, 3.8) is 0 Å². The molecule has 1 heterocycles. The predicted octanol–water partition coefficient (Wildman–Crippen LogP) is 3.40. The summed E-state index contributed by atoms with van der Waals surface area (Å²) in [5.41, 5.74) is 0.541. The molecule has 0 radical (unpaired) electrons. The van der Waals surface area contributed by atoms with Gasteiger partial charge >= 0.3 is 5.97 Å². The first-order chi connectivity index (χ1) is 13.4. The van der Waals surface area contributed by atoms with Gasteiger partial charge in [0.15, 0.2) is 0 Å². The molecule has 0 aromatic heterocycles. The maximum Gasteiger partial charge on any atom is 0.337 e. The Morgan fingerprint density at radius 3 is 2.75 bits per heavy atom. The summed E-state index contributed by atoms with van der Waals surface area (Å²) in [6.45, 7) is 1.60. The van der Waals surface area contributed by atoms with Gasteiger partial charge in [-0.25, -0.2) is 4.79 Å². The van der Waals surface area contributed by atoms with Crippen LogP contribution >= 0.6 is 15.9 Å². The highest BCUT2D eigenvalue weighted by molar-refractivity contribution is 9.10. The minimum Gasteiger partial charge on any atom is -0.492 e. The molecule has 1 aliphatic heterocycles. The quantitative estimate of drug-likeness (QED) is 0.679. The van der Waals surface area contributed by atoms with E-state index in [1.807, 2.05) is 0 Å². The number of amides is 2. The average Bonchev–Trinajstić information content (AvgIpc) is 3.08. The molecule has 0 atom stereocenters. The first-order valence-corrected chi connectivity index (χ1v) is 9.58. The number of hydrogen-bond acceptors (Lipinski definition) is 4. The van der Waals surface area contributed by atoms with E-state index in [9.17, 15) is 19.5 Å². The van der Waals surface area contributed by atoms with E-state index < -0.39 is 11.9 Å². The molecule has 0 aliphatic carbocycles. The van der Waals surface area contributed by atoms with Gasteiger partial charge in [-0.15, -0.1) is 0 Å². The number of likely N-dealkylation sites (tertiary alicyclic amines) is 1. The van der Waals surface area contributed by atoms with Crippen LogP contribution in [0.25, 0.3) is 0 Å². The molecule has 0 saturated carbocycles. The van der Waals surface area contributed by atoms with Gasteiger partial charge in [0.2, 0.25) is 5.91 Å². The summed E-state index contributed by atoms with van der Waals surface area (Å²) in [7, 11) is 0. The van der Waals surface area contributed by atoms with Crippen LogP contribution in [0.1, 0.15) is 33.6 Å². The fourth-order valence-corrected chi connectivity index (χ4v) is 3.30. The number of hydrogen-bond donors (Lipinski definition) is 2. The second kappa shape index (κ2) is 8.88. The van der Waals surface area contributed by atoms with Crippen molar-refractivity contribution in [2.24, 2.45) is 0 Å². The molecule has 2 amide bonds. The molecule has 8 heteroatoms. The monoisotopic (exact) mass is 446 g/mol. The van der Waals surface area contributed by atoms with Crippen molar-refractivity contribution < 1.29 is 24.2 Å². The molecule has 1 aliphatic rings. The predicted molar refractivity (Wildman–Crippen MR) is 107 cm³/mol. The summed E-state index contributed by atoms with van der Waals surface area (Å²) in [5.74, 6) is -0.927. The van der Waals surface area contributed by atoms with Crippen LogP contribution < -0.4 is 10.1 Å². The van der Waals surface area contributed by atoms with E-state index in [2.05, 4.69) is 21.2 Å². The first-order valence-electron chi connectivity index (χ1n) is 8.79. The van der Waals surface area contributed by atoms with E-state index in [1.165, 1.54) is 12.1 Å². The van der Waals surface area contributed by atoms with Gasteiger partial charge in [-0.2, -0.15) is 0 Å². The zero-order valence-electron chi connectivity index (χ0n) is 15.0. The third-order valence-corrected chi connectivity index (χ3v) is 4.85. The highest BCUT2D eigenvalue weighted by atomic mass is 79.9. The van der Waals surface area contributed by atoms with Crippen LogP contribution in [0.5, 0.6) is 5.75 Å². The van der Waals surface area contributed by atoms with Crippen LogP contribution in [0, 0.1) is 0 Å². The van der Waals surface area contributed by atoms with Crippen molar-refractivity contribution in [2.45, 2.75) is 12.8 Å². The third-order valence-electron chi connectivity index (χ3n) is 4.36. The lowest BCUT2D eigenvalue weighted by atomic mass is 10.1. The number of ether oxygens (including phenoxy) is 1. The van der Waals surface area contributed by atoms with E-state index in [0.717, 1.165) is 13.0 Å². The highest BCUT2D eigenvalue weighted by Gasteiger charge is 2.19. The molecule has 1 fully saturated rings. The minimum atomic E-state index is -1.13. The summed E-state index contributed by atoms with van der Waals surface area (Å²) in [6.07, 6.45) is 1.47. The number of carbonyl (C=O) groups is 3. The Labute approximate surface area is 170 Å². The lowest BCUT2D eigenvalue weighted by molar-refractivity contribution is -0.128. The number of nitrogens with zero attached hydrogens (tertiary/aromatic N) is 1. The number of halogens is 1. The van der Waals surface area contributed by atoms with Crippen LogP contribution in [0.2, 0.25) is 0 Å². The number of carboxylic acid groups (broad SMARTS) is 1. The van der Waals surface area contributed by atoms with Crippen molar-refractivity contribution in [2.75, 3.05) is 25.0 Å². The molecular formula is C20H19BrN2O5. The SMILES string of the molecule is O=C(Nc1ccc(Br)cc1C(=O)O)c1cccc(OCCN2CCCC2=O)c1. The summed E-state index contributed by atoms with van der Waals surface area (Å²) in [5, 5.41) is 11.9. The van der Waals surface area contributed by atoms with Gasteiger partial charge in [0.1, 0.15) is 12.4 Å². The van der Waals surface area contributed by atoms with Crippen LogP contribution in [0.4, 0.5) is 5.69 Å². The van der Waals surface area contributed by atoms with E-state index in [1.54, 1.807) is 35.2 Å². The van der Waals surface area contributed by atoms with Crippen molar-refractivity contribution in [3.8, 4) is 5.75 Å². The number of rotatable bonds is 7. The van der Waals surface area contributed by atoms with Gasteiger partial charge in [-0.3, -0.25) is 9.59 Å². The Morgan fingerprint density at radius 1 is 1.21 bits per heavy atom. The van der Waals surface area contributed by atoms with Gasteiger partial charge in [0.25, 0.3) is 5.91 Å². The second-order valence-corrected chi connectivity index (χ2v) is 7.23. The van der Waals surface area contributed by atoms with Crippen molar-refractivity contribution in [1.29, 1.82) is 0 Å². The lowest BCUT2D eigenvalue weighted by Crippen LogP contribution is -2.29. The number of anilines is 1. The second-order valence-electron chi connectivity index (χ2n) is 6.31. The molecule has 0 unspecified atom stereocenters. The van der Waals surface area contributed by atoms with Gasteiger partial charge in [-0.1, -0.05) is 22.0 Å². The van der Waals surface area contributed by atoms with Crippen molar-refractivity contribution in [3.05, 3.63) is 58.1 Å². The Balaban J connectivity index is 1.64. The largest absolute Gasteiger partial charge is 0.492 e. The van der Waals surface area contributed by atoms with E-state index in [4.69, 9.17) is 4.74 Å². The fourth-order valence-electron chi connectivity index (χ4n) is 2.94. The van der Waals surface area contributed by atoms with Crippen LogP contribution in [0.15, 0.2) is 46.9 Å². The topological polar surface area (TPSA) is 95.9 Å². The molecule has 2 N–H and O–H groups in total. The van der Waals surface area contributed by atoms with E-state index >= 15 is 0 Å². The van der Waals surface area contributed by atoms with Gasteiger partial charge in [0.05, 0.1) is 17.8 Å². The zero-order valence-corrected chi connectivity index (χ0v) is 16.6. The van der Waals surface area contributed by atoms with Crippen LogP contribution in [-0.4, -0.2) is 47.5 Å². The smallest absolute Gasteiger partial charge is 0.337 e. The Bertz CT molecular complexity index is 915. The summed E-state index contributed by atoms with van der Waals surface area (Å²) >= 11 is 3.22. The molecule has 28 heavy (non-hydrogen) atoms. The number of aromatic carboxylic acids is 1. The maximum absolute atomic E-state index is 12.5. The van der Waals surface area contributed by atoms with Crippen molar-refractivity contribution in [1.82, 2.24) is 4.90 Å². The van der Waals surface area contributed by atoms with Gasteiger partial charge in [0, 0.05) is 23.0 Å². The highest BCUT2D eigenvalue weighted by Crippen LogP contribution is 2.22.